The highest BCUT2D eigenvalue weighted by Gasteiger charge is 2.44. The fourth-order valence-electron chi connectivity index (χ4n) is 4.52. The number of aromatic nitrogens is 2. The second-order valence-electron chi connectivity index (χ2n) is 8.18. The number of hydrogen-bond acceptors (Lipinski definition) is 5. The van der Waals surface area contributed by atoms with E-state index in [1.54, 1.807) is 24.3 Å². The molecule has 0 radical (unpaired) electrons. The van der Waals surface area contributed by atoms with Gasteiger partial charge >= 0.3 is 0 Å². The maximum atomic E-state index is 13.2. The van der Waals surface area contributed by atoms with Gasteiger partial charge in [-0.25, -0.2) is 18.4 Å². The molecule has 4 rings (SSSR count). The molecule has 0 saturated carbocycles. The molecule has 1 atom stereocenters. The molecule has 0 bridgehead atoms. The molecule has 1 fully saturated rings. The van der Waals surface area contributed by atoms with Gasteiger partial charge in [-0.3, -0.25) is 9.10 Å². The first-order valence-corrected chi connectivity index (χ1v) is 11.7. The van der Waals surface area contributed by atoms with Crippen molar-refractivity contribution in [3.8, 4) is 0 Å². The quantitative estimate of drug-likeness (QED) is 0.770. The molecule has 1 aromatic carbocycles. The number of hydrogen-bond donors (Lipinski definition) is 0. The number of sulfonamides is 1. The van der Waals surface area contributed by atoms with E-state index in [0.717, 1.165) is 50.0 Å². The lowest BCUT2D eigenvalue weighted by Gasteiger charge is -2.40. The average molecular weight is 415 g/mol. The lowest BCUT2D eigenvalue weighted by molar-refractivity contribution is 0.0633. The van der Waals surface area contributed by atoms with Crippen molar-refractivity contribution in [1.29, 1.82) is 0 Å². The standard InChI is InChI=1S/C21H26N4O3S/c1-15-22-13-17-9-11-21(19(17)23-15)10-4-12-25(14-21)20(26)16-5-7-18(8-6-16)24(2)29(3,27)28/h5-8,13H,4,9-12,14H2,1-3H3. The van der Waals surface area contributed by atoms with Crippen molar-refractivity contribution in [3.05, 3.63) is 53.1 Å². The summed E-state index contributed by atoms with van der Waals surface area (Å²) in [4.78, 5) is 24.2. The van der Waals surface area contributed by atoms with E-state index in [4.69, 9.17) is 4.98 Å². The number of carbonyl (C=O) groups is 1. The summed E-state index contributed by atoms with van der Waals surface area (Å²) in [6, 6.07) is 6.76. The van der Waals surface area contributed by atoms with Crippen molar-refractivity contribution in [2.45, 2.75) is 38.0 Å². The van der Waals surface area contributed by atoms with Gasteiger partial charge in [0.2, 0.25) is 10.0 Å². The van der Waals surface area contributed by atoms with Gasteiger partial charge < -0.3 is 4.90 Å². The number of piperidine rings is 1. The predicted octanol–water partition coefficient (Wildman–Crippen LogP) is 2.30. The van der Waals surface area contributed by atoms with Crippen LogP contribution in [-0.4, -0.2) is 55.6 Å². The van der Waals surface area contributed by atoms with Gasteiger partial charge in [0.1, 0.15) is 5.82 Å². The summed E-state index contributed by atoms with van der Waals surface area (Å²) in [5.41, 5.74) is 3.36. The average Bonchev–Trinajstić information content (AvgIpc) is 3.03. The van der Waals surface area contributed by atoms with Gasteiger partial charge in [-0.2, -0.15) is 0 Å². The Labute approximate surface area is 171 Å². The van der Waals surface area contributed by atoms with Crippen LogP contribution in [0.15, 0.2) is 30.5 Å². The number of rotatable bonds is 3. The molecule has 2 aliphatic rings. The zero-order valence-corrected chi connectivity index (χ0v) is 17.9. The first-order chi connectivity index (χ1) is 13.7. The molecule has 154 valence electrons. The molecule has 7 nitrogen and oxygen atoms in total. The number of benzene rings is 1. The van der Waals surface area contributed by atoms with Crippen LogP contribution < -0.4 is 4.31 Å². The molecule has 1 spiro atoms. The van der Waals surface area contributed by atoms with Crippen LogP contribution in [0.1, 0.15) is 46.7 Å². The lowest BCUT2D eigenvalue weighted by Crippen LogP contribution is -2.48. The Morgan fingerprint density at radius 1 is 1.21 bits per heavy atom. The van der Waals surface area contributed by atoms with Gasteiger partial charge in [0.15, 0.2) is 0 Å². The Morgan fingerprint density at radius 3 is 2.62 bits per heavy atom. The number of fused-ring (bicyclic) bond motifs is 2. The van der Waals surface area contributed by atoms with Crippen molar-refractivity contribution < 1.29 is 13.2 Å². The van der Waals surface area contributed by atoms with Crippen molar-refractivity contribution in [2.24, 2.45) is 0 Å². The van der Waals surface area contributed by atoms with E-state index in [9.17, 15) is 13.2 Å². The zero-order valence-electron chi connectivity index (χ0n) is 17.1. The van der Waals surface area contributed by atoms with E-state index >= 15 is 0 Å². The van der Waals surface area contributed by atoms with Crippen molar-refractivity contribution in [1.82, 2.24) is 14.9 Å². The third kappa shape index (κ3) is 3.61. The van der Waals surface area contributed by atoms with Crippen LogP contribution in [0, 0.1) is 6.92 Å². The second-order valence-corrected chi connectivity index (χ2v) is 10.2. The van der Waals surface area contributed by atoms with Gasteiger partial charge in [-0.05, 0) is 62.4 Å². The largest absolute Gasteiger partial charge is 0.338 e. The first-order valence-electron chi connectivity index (χ1n) is 9.86. The lowest BCUT2D eigenvalue weighted by atomic mass is 9.77. The van der Waals surface area contributed by atoms with Gasteiger partial charge in [0.25, 0.3) is 5.91 Å². The van der Waals surface area contributed by atoms with E-state index in [0.29, 0.717) is 17.8 Å². The first kappa shape index (κ1) is 19.8. The molecular formula is C21H26N4O3S. The fraction of sp³-hybridized carbons (Fsp3) is 0.476. The summed E-state index contributed by atoms with van der Waals surface area (Å²) >= 11 is 0. The maximum Gasteiger partial charge on any atom is 0.253 e. The normalized spacial score (nSPS) is 21.3. The predicted molar refractivity (Wildman–Crippen MR) is 112 cm³/mol. The Morgan fingerprint density at radius 2 is 1.93 bits per heavy atom. The minimum atomic E-state index is -3.33. The molecule has 1 saturated heterocycles. The van der Waals surface area contributed by atoms with E-state index in [-0.39, 0.29) is 11.3 Å². The number of carbonyl (C=O) groups excluding carboxylic acids is 1. The molecule has 1 aliphatic heterocycles. The van der Waals surface area contributed by atoms with Crippen molar-refractivity contribution in [3.63, 3.8) is 0 Å². The summed E-state index contributed by atoms with van der Waals surface area (Å²) in [5, 5.41) is 0. The van der Waals surface area contributed by atoms with Gasteiger partial charge in [0.05, 0.1) is 17.6 Å². The Hall–Kier alpha value is -2.48. The monoisotopic (exact) mass is 414 g/mol. The fourth-order valence-corrected chi connectivity index (χ4v) is 5.02. The summed E-state index contributed by atoms with van der Waals surface area (Å²) in [5.74, 6) is 0.760. The molecule has 29 heavy (non-hydrogen) atoms. The van der Waals surface area contributed by atoms with Crippen LogP contribution in [0.3, 0.4) is 0 Å². The van der Waals surface area contributed by atoms with E-state index in [1.807, 2.05) is 18.0 Å². The molecule has 2 aromatic rings. The highest BCUT2D eigenvalue weighted by molar-refractivity contribution is 7.92. The van der Waals surface area contributed by atoms with Gasteiger partial charge in [0, 0.05) is 37.3 Å². The molecule has 0 N–H and O–H groups in total. The summed E-state index contributed by atoms with van der Waals surface area (Å²) in [7, 11) is -1.83. The molecule has 1 unspecified atom stereocenters. The molecule has 1 aromatic heterocycles. The van der Waals surface area contributed by atoms with Crippen molar-refractivity contribution >= 4 is 21.6 Å². The molecule has 1 aliphatic carbocycles. The topological polar surface area (TPSA) is 83.5 Å². The second kappa shape index (κ2) is 7.09. The summed E-state index contributed by atoms with van der Waals surface area (Å²) in [6.07, 6.45) is 7.04. The highest BCUT2D eigenvalue weighted by Crippen LogP contribution is 2.44. The molecule has 8 heteroatoms. The SMILES string of the molecule is Cc1ncc2c(n1)C1(CCCN(C(=O)c3ccc(N(C)S(C)(=O)=O)cc3)C1)CC2. The minimum Gasteiger partial charge on any atom is -0.338 e. The van der Waals surface area contributed by atoms with E-state index in [1.165, 1.54) is 16.9 Å². The number of nitrogens with zero attached hydrogens (tertiary/aromatic N) is 4. The van der Waals surface area contributed by atoms with E-state index in [2.05, 4.69) is 4.98 Å². The van der Waals surface area contributed by atoms with Crippen LogP contribution in [0.2, 0.25) is 0 Å². The molecule has 2 heterocycles. The Balaban J connectivity index is 1.56. The maximum absolute atomic E-state index is 13.2. The number of anilines is 1. The summed E-state index contributed by atoms with van der Waals surface area (Å²) < 4.78 is 24.6. The van der Waals surface area contributed by atoms with Crippen molar-refractivity contribution in [2.75, 3.05) is 30.7 Å². The highest BCUT2D eigenvalue weighted by atomic mass is 32.2. The van der Waals surface area contributed by atoms with Gasteiger partial charge in [-0.1, -0.05) is 0 Å². The zero-order chi connectivity index (χ0) is 20.8. The van der Waals surface area contributed by atoms with E-state index < -0.39 is 10.0 Å². The van der Waals surface area contributed by atoms with Crippen LogP contribution in [-0.2, 0) is 21.9 Å². The Bertz CT molecular complexity index is 1050. The third-order valence-electron chi connectivity index (χ3n) is 6.20. The van der Waals surface area contributed by atoms with Crippen LogP contribution in [0.4, 0.5) is 5.69 Å². The van der Waals surface area contributed by atoms with Crippen LogP contribution in [0.25, 0.3) is 0 Å². The smallest absolute Gasteiger partial charge is 0.253 e. The van der Waals surface area contributed by atoms with Gasteiger partial charge in [-0.15, -0.1) is 0 Å². The number of aryl methyl sites for hydroxylation is 2. The minimum absolute atomic E-state index is 0.0168. The number of likely N-dealkylation sites (tertiary alicyclic amines) is 1. The van der Waals surface area contributed by atoms with Crippen LogP contribution >= 0.6 is 0 Å². The molecular weight excluding hydrogens is 388 g/mol. The summed E-state index contributed by atoms with van der Waals surface area (Å²) in [6.45, 7) is 3.30. The number of amides is 1. The third-order valence-corrected chi connectivity index (χ3v) is 7.41. The van der Waals surface area contributed by atoms with Crippen LogP contribution in [0.5, 0.6) is 0 Å². The Kier molecular flexibility index (Phi) is 4.85. The molecule has 1 amide bonds.